The first-order valence-corrected chi connectivity index (χ1v) is 10.9. The standard InChI is InChI=1S/C23H28N6O2/c1-16-25-14-18(15-26-16)21(13-22(30)31)29-20(10-12-27-29)7-4-6-19-9-8-17-5-2-3-11-24-23(17)28-19/h8-10,12,14-15,21H,2-7,11,13H2,1H3,(H,24,28)(H,30,31). The van der Waals surface area contributed by atoms with Crippen LogP contribution in [0.15, 0.2) is 36.8 Å². The minimum absolute atomic E-state index is 0.0703. The first-order valence-electron chi connectivity index (χ1n) is 10.9. The second-order valence-corrected chi connectivity index (χ2v) is 7.99. The number of hydrogen-bond donors (Lipinski definition) is 2. The van der Waals surface area contributed by atoms with Crippen LogP contribution in [0.1, 0.15) is 60.1 Å². The highest BCUT2D eigenvalue weighted by Crippen LogP contribution is 2.24. The molecule has 0 bridgehead atoms. The zero-order valence-electron chi connectivity index (χ0n) is 17.8. The van der Waals surface area contributed by atoms with Gasteiger partial charge >= 0.3 is 5.97 Å². The number of fused-ring (bicyclic) bond motifs is 1. The third-order valence-electron chi connectivity index (χ3n) is 5.67. The highest BCUT2D eigenvalue weighted by atomic mass is 16.4. The van der Waals surface area contributed by atoms with Gasteiger partial charge in [0.05, 0.1) is 12.5 Å². The van der Waals surface area contributed by atoms with Crippen LogP contribution in [0.4, 0.5) is 5.82 Å². The predicted molar refractivity (Wildman–Crippen MR) is 117 cm³/mol. The number of anilines is 1. The first kappa shape index (κ1) is 21.0. The normalized spacial score (nSPS) is 14.4. The van der Waals surface area contributed by atoms with Gasteiger partial charge in [0.1, 0.15) is 11.6 Å². The van der Waals surface area contributed by atoms with E-state index in [1.807, 2.05) is 6.07 Å². The van der Waals surface area contributed by atoms with Gasteiger partial charge < -0.3 is 10.4 Å². The van der Waals surface area contributed by atoms with Crippen LogP contribution in [0.25, 0.3) is 0 Å². The number of carbonyl (C=O) groups is 1. The van der Waals surface area contributed by atoms with E-state index in [0.29, 0.717) is 5.82 Å². The minimum atomic E-state index is -0.881. The Hall–Kier alpha value is -3.29. The van der Waals surface area contributed by atoms with Crippen molar-refractivity contribution in [2.24, 2.45) is 0 Å². The number of nitrogens with one attached hydrogen (secondary N) is 1. The van der Waals surface area contributed by atoms with Crippen molar-refractivity contribution in [3.05, 3.63) is 65.1 Å². The molecule has 8 nitrogen and oxygen atoms in total. The summed E-state index contributed by atoms with van der Waals surface area (Å²) in [6.45, 7) is 2.79. The molecule has 4 heterocycles. The maximum absolute atomic E-state index is 11.5. The van der Waals surface area contributed by atoms with Gasteiger partial charge in [-0.2, -0.15) is 5.10 Å². The molecular weight excluding hydrogens is 392 g/mol. The number of nitrogens with zero attached hydrogens (tertiary/aromatic N) is 5. The Morgan fingerprint density at radius 3 is 2.84 bits per heavy atom. The average Bonchev–Trinajstić information content (AvgIpc) is 3.09. The Morgan fingerprint density at radius 2 is 2.03 bits per heavy atom. The highest BCUT2D eigenvalue weighted by Gasteiger charge is 2.21. The summed E-state index contributed by atoms with van der Waals surface area (Å²) >= 11 is 0. The smallest absolute Gasteiger partial charge is 0.305 e. The maximum atomic E-state index is 11.5. The highest BCUT2D eigenvalue weighted by molar-refractivity contribution is 5.68. The zero-order chi connectivity index (χ0) is 21.6. The molecule has 162 valence electrons. The lowest BCUT2D eigenvalue weighted by atomic mass is 10.1. The number of aromatic nitrogens is 5. The predicted octanol–water partition coefficient (Wildman–Crippen LogP) is 3.36. The van der Waals surface area contributed by atoms with Crippen LogP contribution >= 0.6 is 0 Å². The lowest BCUT2D eigenvalue weighted by Crippen LogP contribution is -2.19. The second-order valence-electron chi connectivity index (χ2n) is 7.99. The fourth-order valence-corrected chi connectivity index (χ4v) is 4.03. The van der Waals surface area contributed by atoms with E-state index in [0.717, 1.165) is 55.0 Å². The van der Waals surface area contributed by atoms with E-state index in [1.54, 1.807) is 30.2 Å². The van der Waals surface area contributed by atoms with Gasteiger partial charge in [-0.3, -0.25) is 9.48 Å². The van der Waals surface area contributed by atoms with Crippen LogP contribution in [0.5, 0.6) is 0 Å². The molecule has 0 aromatic carbocycles. The van der Waals surface area contributed by atoms with E-state index < -0.39 is 12.0 Å². The second kappa shape index (κ2) is 9.68. The van der Waals surface area contributed by atoms with Gasteiger partial charge in [0.25, 0.3) is 0 Å². The van der Waals surface area contributed by atoms with E-state index in [1.165, 1.54) is 18.4 Å². The van der Waals surface area contributed by atoms with Gasteiger partial charge in [0.2, 0.25) is 0 Å². The Balaban J connectivity index is 1.45. The Bertz CT molecular complexity index is 1030. The number of carboxylic acid groups (broad SMARTS) is 1. The van der Waals surface area contributed by atoms with Crippen molar-refractivity contribution in [2.45, 2.75) is 57.9 Å². The summed E-state index contributed by atoms with van der Waals surface area (Å²) in [4.78, 5) is 24.8. The molecule has 0 amide bonds. The Kier molecular flexibility index (Phi) is 6.54. The minimum Gasteiger partial charge on any atom is -0.481 e. The molecule has 2 N–H and O–H groups in total. The monoisotopic (exact) mass is 420 g/mol. The van der Waals surface area contributed by atoms with Gasteiger partial charge in [0.15, 0.2) is 0 Å². The lowest BCUT2D eigenvalue weighted by molar-refractivity contribution is -0.137. The van der Waals surface area contributed by atoms with Crippen LogP contribution in [0, 0.1) is 6.92 Å². The molecule has 1 aliphatic rings. The van der Waals surface area contributed by atoms with Gasteiger partial charge in [0, 0.05) is 42.1 Å². The molecule has 31 heavy (non-hydrogen) atoms. The Labute approximate surface area is 181 Å². The third kappa shape index (κ3) is 5.25. The molecule has 0 saturated carbocycles. The van der Waals surface area contributed by atoms with Crippen molar-refractivity contribution in [2.75, 3.05) is 11.9 Å². The molecule has 1 atom stereocenters. The van der Waals surface area contributed by atoms with Crippen LogP contribution in [-0.2, 0) is 24.1 Å². The summed E-state index contributed by atoms with van der Waals surface area (Å²) < 4.78 is 1.80. The molecule has 1 unspecified atom stereocenters. The molecule has 0 aliphatic carbocycles. The van der Waals surface area contributed by atoms with Gasteiger partial charge in [-0.05, 0) is 63.1 Å². The molecule has 0 spiro atoms. The van der Waals surface area contributed by atoms with Crippen molar-refractivity contribution in [3.63, 3.8) is 0 Å². The van der Waals surface area contributed by atoms with Crippen LogP contribution in [0.2, 0.25) is 0 Å². The maximum Gasteiger partial charge on any atom is 0.305 e. The van der Waals surface area contributed by atoms with Crippen molar-refractivity contribution in [1.29, 1.82) is 0 Å². The number of carboxylic acids is 1. The van der Waals surface area contributed by atoms with Gasteiger partial charge in [-0.15, -0.1) is 0 Å². The lowest BCUT2D eigenvalue weighted by Gasteiger charge is -2.18. The molecule has 3 aromatic heterocycles. The van der Waals surface area contributed by atoms with Crippen molar-refractivity contribution in [3.8, 4) is 0 Å². The van der Waals surface area contributed by atoms with E-state index in [2.05, 4.69) is 32.5 Å². The fourth-order valence-electron chi connectivity index (χ4n) is 4.03. The summed E-state index contributed by atoms with van der Waals surface area (Å²) in [5, 5.41) is 17.3. The van der Waals surface area contributed by atoms with Crippen molar-refractivity contribution >= 4 is 11.8 Å². The molecule has 0 radical (unpaired) electrons. The third-order valence-corrected chi connectivity index (χ3v) is 5.67. The fraction of sp³-hybridized carbons (Fsp3) is 0.435. The van der Waals surface area contributed by atoms with E-state index >= 15 is 0 Å². The molecule has 0 fully saturated rings. The number of pyridine rings is 1. The molecule has 4 rings (SSSR count). The molecule has 8 heteroatoms. The van der Waals surface area contributed by atoms with Crippen LogP contribution < -0.4 is 5.32 Å². The largest absolute Gasteiger partial charge is 0.481 e. The topological polar surface area (TPSA) is 106 Å². The zero-order valence-corrected chi connectivity index (χ0v) is 17.8. The summed E-state index contributed by atoms with van der Waals surface area (Å²) in [5.41, 5.74) is 4.13. The van der Waals surface area contributed by atoms with Crippen LogP contribution in [-0.4, -0.2) is 42.4 Å². The molecule has 0 saturated heterocycles. The van der Waals surface area contributed by atoms with Crippen LogP contribution in [0.3, 0.4) is 0 Å². The molecule has 1 aliphatic heterocycles. The number of aryl methyl sites for hydroxylation is 4. The van der Waals surface area contributed by atoms with Gasteiger partial charge in [-0.1, -0.05) is 6.07 Å². The Morgan fingerprint density at radius 1 is 1.19 bits per heavy atom. The number of rotatable bonds is 8. The SMILES string of the molecule is Cc1ncc(C(CC(=O)O)n2nccc2CCCc2ccc3c(n2)NCCCC3)cn1. The van der Waals surface area contributed by atoms with Crippen molar-refractivity contribution in [1.82, 2.24) is 24.7 Å². The summed E-state index contributed by atoms with van der Waals surface area (Å²) in [6, 6.07) is 5.84. The molecular formula is C23H28N6O2. The van der Waals surface area contributed by atoms with Crippen molar-refractivity contribution < 1.29 is 9.90 Å². The number of hydrogen-bond acceptors (Lipinski definition) is 6. The van der Waals surface area contributed by atoms with Gasteiger partial charge in [-0.25, -0.2) is 15.0 Å². The summed E-state index contributed by atoms with van der Waals surface area (Å²) in [5.74, 6) is 0.802. The quantitative estimate of drug-likeness (QED) is 0.575. The van der Waals surface area contributed by atoms with E-state index in [4.69, 9.17) is 4.98 Å². The average molecular weight is 421 g/mol. The van der Waals surface area contributed by atoms with E-state index in [-0.39, 0.29) is 6.42 Å². The van der Waals surface area contributed by atoms with E-state index in [9.17, 15) is 9.90 Å². The first-order chi connectivity index (χ1) is 15.1. The number of aliphatic carboxylic acids is 1. The summed E-state index contributed by atoms with van der Waals surface area (Å²) in [7, 11) is 0. The summed E-state index contributed by atoms with van der Waals surface area (Å²) in [6.07, 6.45) is 11.1. The molecule has 3 aromatic rings.